The van der Waals surface area contributed by atoms with Crippen LogP contribution in [-0.4, -0.2) is 24.5 Å². The Balaban J connectivity index is 1.77. The van der Waals surface area contributed by atoms with Crippen LogP contribution in [0.5, 0.6) is 11.5 Å². The molecule has 0 saturated heterocycles. The van der Waals surface area contributed by atoms with E-state index in [1.165, 1.54) is 12.3 Å². The molecule has 2 heterocycles. The maximum absolute atomic E-state index is 12.3. The second-order valence-corrected chi connectivity index (χ2v) is 5.13. The molecule has 0 unspecified atom stereocenters. The van der Waals surface area contributed by atoms with E-state index in [-0.39, 0.29) is 18.1 Å². The first kappa shape index (κ1) is 15.9. The first-order valence-electron chi connectivity index (χ1n) is 7.53. The number of ketones is 1. The van der Waals surface area contributed by atoms with Crippen molar-refractivity contribution < 1.29 is 28.2 Å². The van der Waals surface area contributed by atoms with Crippen molar-refractivity contribution in [2.45, 2.75) is 20.0 Å². The molecule has 0 aliphatic carbocycles. The Morgan fingerprint density at radius 3 is 2.88 bits per heavy atom. The molecule has 0 radical (unpaired) electrons. The van der Waals surface area contributed by atoms with E-state index < -0.39 is 12.1 Å². The van der Waals surface area contributed by atoms with Crippen LogP contribution in [0.3, 0.4) is 0 Å². The number of carbonyl (C=O) groups is 2. The lowest BCUT2D eigenvalue weighted by Gasteiger charge is -2.13. The van der Waals surface area contributed by atoms with Gasteiger partial charge < -0.3 is 18.6 Å². The molecule has 0 spiro atoms. The van der Waals surface area contributed by atoms with Crippen LogP contribution in [0.2, 0.25) is 0 Å². The van der Waals surface area contributed by atoms with Crippen LogP contribution < -0.4 is 9.47 Å². The predicted molar refractivity (Wildman–Crippen MR) is 84.8 cm³/mol. The van der Waals surface area contributed by atoms with Gasteiger partial charge in [0, 0.05) is 12.1 Å². The average Bonchev–Trinajstić information content (AvgIpc) is 3.17. The molecule has 0 saturated carbocycles. The summed E-state index contributed by atoms with van der Waals surface area (Å²) >= 11 is 0. The van der Waals surface area contributed by atoms with Crippen LogP contribution >= 0.6 is 0 Å². The lowest BCUT2D eigenvalue weighted by molar-refractivity contribution is -0.150. The van der Waals surface area contributed by atoms with E-state index >= 15 is 0 Å². The molecule has 1 aliphatic rings. The van der Waals surface area contributed by atoms with Crippen molar-refractivity contribution in [3.8, 4) is 11.5 Å². The number of rotatable bonds is 5. The molecule has 24 heavy (non-hydrogen) atoms. The van der Waals surface area contributed by atoms with E-state index in [0.717, 1.165) is 0 Å². The zero-order chi connectivity index (χ0) is 17.1. The molecule has 3 rings (SSSR count). The number of benzene rings is 1. The van der Waals surface area contributed by atoms with Gasteiger partial charge in [-0.2, -0.15) is 0 Å². The summed E-state index contributed by atoms with van der Waals surface area (Å²) in [6, 6.07) is 8.25. The Hall–Kier alpha value is -3.02. The number of ether oxygens (including phenoxy) is 3. The molecule has 0 fully saturated rings. The summed E-state index contributed by atoms with van der Waals surface area (Å²) in [4.78, 5) is 23.9. The molecule has 1 aliphatic heterocycles. The molecule has 0 N–H and O–H groups in total. The molecule has 2 aromatic rings. The SMILES string of the molecule is CCOC(=O)[C@@H](C)Oc1ccc2c(c1)OC(=Cc1ccco1)C2=O. The zero-order valence-corrected chi connectivity index (χ0v) is 13.3. The highest BCUT2D eigenvalue weighted by Gasteiger charge is 2.28. The number of Topliss-reactive ketones (excluding diaryl/α,β-unsaturated/α-hetero) is 1. The maximum Gasteiger partial charge on any atom is 0.347 e. The summed E-state index contributed by atoms with van der Waals surface area (Å²) in [6.07, 6.45) is 2.30. The first-order chi connectivity index (χ1) is 11.6. The number of fused-ring (bicyclic) bond motifs is 1. The third-order valence-corrected chi connectivity index (χ3v) is 3.39. The quantitative estimate of drug-likeness (QED) is 0.619. The van der Waals surface area contributed by atoms with Crippen molar-refractivity contribution in [3.63, 3.8) is 0 Å². The van der Waals surface area contributed by atoms with Crippen molar-refractivity contribution in [1.29, 1.82) is 0 Å². The van der Waals surface area contributed by atoms with Crippen molar-refractivity contribution in [1.82, 2.24) is 0 Å². The smallest absolute Gasteiger partial charge is 0.347 e. The van der Waals surface area contributed by atoms with E-state index in [9.17, 15) is 9.59 Å². The second-order valence-electron chi connectivity index (χ2n) is 5.13. The van der Waals surface area contributed by atoms with Crippen LogP contribution in [0.25, 0.3) is 6.08 Å². The van der Waals surface area contributed by atoms with Gasteiger partial charge in [0.1, 0.15) is 17.3 Å². The first-order valence-corrected chi connectivity index (χ1v) is 7.53. The van der Waals surface area contributed by atoms with E-state index in [0.29, 0.717) is 22.8 Å². The summed E-state index contributed by atoms with van der Waals surface area (Å²) in [5.41, 5.74) is 0.434. The monoisotopic (exact) mass is 328 g/mol. The summed E-state index contributed by atoms with van der Waals surface area (Å²) in [6.45, 7) is 3.61. The molecule has 1 atom stereocenters. The minimum Gasteiger partial charge on any atom is -0.479 e. The highest BCUT2D eigenvalue weighted by atomic mass is 16.6. The third-order valence-electron chi connectivity index (χ3n) is 3.39. The van der Waals surface area contributed by atoms with Gasteiger partial charge in [-0.25, -0.2) is 4.79 Å². The highest BCUT2D eigenvalue weighted by Crippen LogP contribution is 2.35. The molecule has 0 amide bonds. The Labute approximate surface area is 138 Å². The van der Waals surface area contributed by atoms with Gasteiger partial charge in [0.05, 0.1) is 18.4 Å². The summed E-state index contributed by atoms with van der Waals surface area (Å²) < 4.78 is 21.2. The molecule has 6 nitrogen and oxygen atoms in total. The topological polar surface area (TPSA) is 75.0 Å². The van der Waals surface area contributed by atoms with Gasteiger partial charge in [0.2, 0.25) is 5.78 Å². The van der Waals surface area contributed by atoms with Crippen LogP contribution in [-0.2, 0) is 9.53 Å². The second kappa shape index (κ2) is 6.62. The van der Waals surface area contributed by atoms with Crippen LogP contribution in [0.15, 0.2) is 46.8 Å². The van der Waals surface area contributed by atoms with Gasteiger partial charge in [0.15, 0.2) is 11.9 Å². The van der Waals surface area contributed by atoms with Crippen LogP contribution in [0.1, 0.15) is 30.0 Å². The number of carbonyl (C=O) groups excluding carboxylic acids is 2. The number of hydrogen-bond donors (Lipinski definition) is 0. The lowest BCUT2D eigenvalue weighted by atomic mass is 10.1. The molecule has 124 valence electrons. The Morgan fingerprint density at radius 1 is 1.33 bits per heavy atom. The number of furan rings is 1. The predicted octanol–water partition coefficient (Wildman–Crippen LogP) is 3.23. The van der Waals surface area contributed by atoms with Gasteiger partial charge in [-0.1, -0.05) is 0 Å². The van der Waals surface area contributed by atoms with E-state index in [2.05, 4.69) is 0 Å². The van der Waals surface area contributed by atoms with Crippen molar-refractivity contribution in [3.05, 3.63) is 53.7 Å². The Morgan fingerprint density at radius 2 is 2.17 bits per heavy atom. The van der Waals surface area contributed by atoms with Gasteiger partial charge in [-0.15, -0.1) is 0 Å². The Bertz CT molecular complexity index is 788. The zero-order valence-electron chi connectivity index (χ0n) is 13.3. The fourth-order valence-electron chi connectivity index (χ4n) is 2.25. The van der Waals surface area contributed by atoms with Crippen LogP contribution in [0.4, 0.5) is 0 Å². The minimum absolute atomic E-state index is 0.176. The molecule has 0 bridgehead atoms. The van der Waals surface area contributed by atoms with Gasteiger partial charge in [0.25, 0.3) is 0 Å². The largest absolute Gasteiger partial charge is 0.479 e. The Kier molecular flexibility index (Phi) is 4.37. The van der Waals surface area contributed by atoms with E-state index in [1.54, 1.807) is 44.2 Å². The number of hydrogen-bond acceptors (Lipinski definition) is 6. The molecule has 6 heteroatoms. The molecular formula is C18H16O6. The van der Waals surface area contributed by atoms with Crippen LogP contribution in [0, 0.1) is 0 Å². The van der Waals surface area contributed by atoms with Crippen molar-refractivity contribution in [2.75, 3.05) is 6.61 Å². The third kappa shape index (κ3) is 3.17. The van der Waals surface area contributed by atoms with Crippen molar-refractivity contribution >= 4 is 17.8 Å². The normalized spacial score (nSPS) is 15.8. The summed E-state index contributed by atoms with van der Waals surface area (Å²) in [7, 11) is 0. The highest BCUT2D eigenvalue weighted by molar-refractivity contribution is 6.14. The fraction of sp³-hybridized carbons (Fsp3) is 0.222. The van der Waals surface area contributed by atoms with Gasteiger partial charge in [-0.05, 0) is 38.1 Å². The van der Waals surface area contributed by atoms with E-state index in [1.807, 2.05) is 0 Å². The van der Waals surface area contributed by atoms with Gasteiger partial charge in [-0.3, -0.25) is 4.79 Å². The fourth-order valence-corrected chi connectivity index (χ4v) is 2.25. The summed E-state index contributed by atoms with van der Waals surface area (Å²) in [5.74, 6) is 0.821. The number of allylic oxidation sites excluding steroid dienone is 1. The van der Waals surface area contributed by atoms with E-state index in [4.69, 9.17) is 18.6 Å². The molecular weight excluding hydrogens is 312 g/mol. The maximum atomic E-state index is 12.3. The standard InChI is InChI=1S/C18H16O6/c1-3-21-18(20)11(2)23-13-6-7-14-15(10-13)24-16(17(14)19)9-12-5-4-8-22-12/h4-11H,3H2,1-2H3/t11-/m1/s1. The number of esters is 1. The molecule has 1 aromatic heterocycles. The lowest BCUT2D eigenvalue weighted by Crippen LogP contribution is -2.26. The molecule has 1 aromatic carbocycles. The average molecular weight is 328 g/mol. The summed E-state index contributed by atoms with van der Waals surface area (Å²) in [5, 5.41) is 0. The van der Waals surface area contributed by atoms with Crippen molar-refractivity contribution in [2.24, 2.45) is 0 Å². The minimum atomic E-state index is -0.752. The van der Waals surface area contributed by atoms with Gasteiger partial charge >= 0.3 is 5.97 Å².